The number of piperazine rings is 1. The van der Waals surface area contributed by atoms with Crippen molar-refractivity contribution in [2.45, 2.75) is 31.7 Å². The molecule has 0 atom stereocenters. The van der Waals surface area contributed by atoms with Crippen molar-refractivity contribution >= 4 is 11.9 Å². The van der Waals surface area contributed by atoms with Crippen molar-refractivity contribution in [1.82, 2.24) is 14.8 Å². The van der Waals surface area contributed by atoms with E-state index in [-0.39, 0.29) is 12.2 Å². The molecule has 2 aromatic rings. The van der Waals surface area contributed by atoms with Gasteiger partial charge in [0.15, 0.2) is 0 Å². The number of carbonyl (C=O) groups is 1. The molecular formula is C24H27F3N4O2. The third-order valence-electron chi connectivity index (χ3n) is 6.89. The molecule has 0 bridgehead atoms. The van der Waals surface area contributed by atoms with E-state index in [4.69, 9.17) is 4.74 Å². The van der Waals surface area contributed by atoms with E-state index in [2.05, 4.69) is 34.1 Å². The van der Waals surface area contributed by atoms with Crippen LogP contribution in [0.3, 0.4) is 0 Å². The Hall–Kier alpha value is -2.81. The fraction of sp³-hybridized carbons (Fsp3) is 0.500. The van der Waals surface area contributed by atoms with Crippen molar-refractivity contribution in [1.29, 1.82) is 0 Å². The van der Waals surface area contributed by atoms with Crippen molar-refractivity contribution in [2.24, 2.45) is 5.41 Å². The molecule has 1 amide bonds. The minimum atomic E-state index is -4.40. The summed E-state index contributed by atoms with van der Waals surface area (Å²) in [7, 11) is 0. The van der Waals surface area contributed by atoms with Gasteiger partial charge in [-0.05, 0) is 30.5 Å². The summed E-state index contributed by atoms with van der Waals surface area (Å²) in [4.78, 5) is 22.5. The lowest BCUT2D eigenvalue weighted by Gasteiger charge is -2.58. The maximum atomic E-state index is 12.7. The van der Waals surface area contributed by atoms with Crippen molar-refractivity contribution in [3.63, 3.8) is 0 Å². The number of amides is 1. The van der Waals surface area contributed by atoms with E-state index in [9.17, 15) is 18.0 Å². The van der Waals surface area contributed by atoms with Gasteiger partial charge in [-0.1, -0.05) is 30.3 Å². The highest BCUT2D eigenvalue weighted by Crippen LogP contribution is 2.50. The molecule has 0 unspecified atom stereocenters. The van der Waals surface area contributed by atoms with Crippen LogP contribution < -0.4 is 4.90 Å². The lowest BCUT2D eigenvalue weighted by atomic mass is 9.61. The summed E-state index contributed by atoms with van der Waals surface area (Å²) in [6.45, 7) is 5.01. The molecule has 9 heteroatoms. The minimum Gasteiger partial charge on any atom is -0.446 e. The number of anilines is 1. The Balaban J connectivity index is 1.03. The molecule has 0 N–H and O–H groups in total. The van der Waals surface area contributed by atoms with E-state index < -0.39 is 11.7 Å². The number of nitrogens with zero attached hydrogens (tertiary/aromatic N) is 4. The van der Waals surface area contributed by atoms with Crippen LogP contribution in [0, 0.1) is 5.41 Å². The molecule has 176 valence electrons. The highest BCUT2D eigenvalue weighted by Gasteiger charge is 2.53. The van der Waals surface area contributed by atoms with Crippen LogP contribution in [-0.4, -0.2) is 66.2 Å². The largest absolute Gasteiger partial charge is 0.446 e. The maximum absolute atomic E-state index is 12.7. The Kier molecular flexibility index (Phi) is 5.68. The quantitative estimate of drug-likeness (QED) is 0.690. The third-order valence-corrected chi connectivity index (χ3v) is 6.89. The van der Waals surface area contributed by atoms with Crippen molar-refractivity contribution in [3.8, 4) is 0 Å². The molecule has 5 rings (SSSR count). The number of benzene rings is 1. The SMILES string of the molecule is O=C(OC1CC2(C1)CN(Cc1ccccc1)C2)N1CCN(c2ccc(C(F)(F)F)cn2)CC1. The highest BCUT2D eigenvalue weighted by atomic mass is 19.4. The minimum absolute atomic E-state index is 0.0222. The first kappa shape index (κ1) is 22.0. The first-order valence-electron chi connectivity index (χ1n) is 11.3. The van der Waals surface area contributed by atoms with E-state index in [0.717, 1.165) is 44.7 Å². The Labute approximate surface area is 190 Å². The summed E-state index contributed by atoms with van der Waals surface area (Å²) in [6, 6.07) is 12.8. The zero-order chi connectivity index (χ0) is 23.1. The molecule has 3 heterocycles. The van der Waals surface area contributed by atoms with Gasteiger partial charge in [0.05, 0.1) is 5.56 Å². The first-order valence-corrected chi connectivity index (χ1v) is 11.3. The molecule has 1 aromatic heterocycles. The second-order valence-corrected chi connectivity index (χ2v) is 9.42. The van der Waals surface area contributed by atoms with Gasteiger partial charge in [-0.15, -0.1) is 0 Å². The van der Waals surface area contributed by atoms with Crippen LogP contribution in [0.4, 0.5) is 23.8 Å². The van der Waals surface area contributed by atoms with Gasteiger partial charge >= 0.3 is 12.3 Å². The summed E-state index contributed by atoms with van der Waals surface area (Å²) in [5, 5.41) is 0. The standard InChI is InChI=1S/C24H27F3N4O2/c25-24(26,27)19-6-7-21(28-14-19)30-8-10-31(11-9-30)22(32)33-20-12-23(13-20)16-29(17-23)15-18-4-2-1-3-5-18/h1-7,14,20H,8-13,15-17H2. The zero-order valence-corrected chi connectivity index (χ0v) is 18.3. The topological polar surface area (TPSA) is 48.9 Å². The van der Waals surface area contributed by atoms with Crippen molar-refractivity contribution < 1.29 is 22.7 Å². The molecule has 2 aliphatic heterocycles. The van der Waals surface area contributed by atoms with E-state index in [0.29, 0.717) is 37.4 Å². The molecule has 3 aliphatic rings. The van der Waals surface area contributed by atoms with E-state index in [1.807, 2.05) is 11.0 Å². The zero-order valence-electron chi connectivity index (χ0n) is 18.3. The molecule has 1 saturated carbocycles. The Morgan fingerprint density at radius 1 is 1.03 bits per heavy atom. The number of likely N-dealkylation sites (tertiary alicyclic amines) is 1. The second-order valence-electron chi connectivity index (χ2n) is 9.42. The van der Waals surface area contributed by atoms with Crippen LogP contribution in [-0.2, 0) is 17.5 Å². The van der Waals surface area contributed by atoms with Crippen LogP contribution in [0.15, 0.2) is 48.7 Å². The number of hydrogen-bond donors (Lipinski definition) is 0. The molecule has 1 aliphatic carbocycles. The average molecular weight is 461 g/mol. The number of carbonyl (C=O) groups excluding carboxylic acids is 1. The number of rotatable bonds is 4. The summed E-state index contributed by atoms with van der Waals surface area (Å²) in [5.41, 5.74) is 0.855. The van der Waals surface area contributed by atoms with E-state index >= 15 is 0 Å². The van der Waals surface area contributed by atoms with Gasteiger partial charge in [0.1, 0.15) is 11.9 Å². The number of aromatic nitrogens is 1. The third kappa shape index (κ3) is 4.78. The van der Waals surface area contributed by atoms with Gasteiger partial charge in [0.25, 0.3) is 0 Å². The number of hydrogen-bond acceptors (Lipinski definition) is 5. The van der Waals surface area contributed by atoms with Gasteiger partial charge in [0.2, 0.25) is 0 Å². The lowest BCUT2D eigenvalue weighted by molar-refractivity contribution is -0.138. The normalized spacial score (nSPS) is 20.9. The smallest absolute Gasteiger partial charge is 0.417 e. The number of alkyl halides is 3. The molecule has 1 aromatic carbocycles. The molecule has 1 spiro atoms. The van der Waals surface area contributed by atoms with Gasteiger partial charge < -0.3 is 14.5 Å². The van der Waals surface area contributed by atoms with Gasteiger partial charge in [0, 0.05) is 57.4 Å². The fourth-order valence-corrected chi connectivity index (χ4v) is 5.18. The Morgan fingerprint density at radius 2 is 1.73 bits per heavy atom. The monoisotopic (exact) mass is 460 g/mol. The molecule has 2 saturated heterocycles. The highest BCUT2D eigenvalue weighted by molar-refractivity contribution is 5.68. The average Bonchev–Trinajstić information content (AvgIpc) is 2.76. The predicted molar refractivity (Wildman–Crippen MR) is 117 cm³/mol. The Bertz CT molecular complexity index is 961. The number of halogens is 3. The summed E-state index contributed by atoms with van der Waals surface area (Å²) < 4.78 is 43.8. The van der Waals surface area contributed by atoms with Crippen molar-refractivity contribution in [3.05, 3.63) is 59.8 Å². The van der Waals surface area contributed by atoms with Gasteiger partial charge in [-0.3, -0.25) is 4.90 Å². The van der Waals surface area contributed by atoms with Crippen LogP contribution in [0.1, 0.15) is 24.0 Å². The number of pyridine rings is 1. The lowest BCUT2D eigenvalue weighted by Crippen LogP contribution is -2.64. The molecule has 3 fully saturated rings. The predicted octanol–water partition coefficient (Wildman–Crippen LogP) is 4.02. The fourth-order valence-electron chi connectivity index (χ4n) is 5.18. The molecule has 6 nitrogen and oxygen atoms in total. The van der Waals surface area contributed by atoms with Crippen LogP contribution in [0.5, 0.6) is 0 Å². The van der Waals surface area contributed by atoms with Crippen LogP contribution in [0.25, 0.3) is 0 Å². The second kappa shape index (κ2) is 8.52. The number of ether oxygens (including phenoxy) is 1. The van der Waals surface area contributed by atoms with Crippen LogP contribution in [0.2, 0.25) is 0 Å². The van der Waals surface area contributed by atoms with Crippen LogP contribution >= 0.6 is 0 Å². The maximum Gasteiger partial charge on any atom is 0.417 e. The summed E-state index contributed by atoms with van der Waals surface area (Å²) >= 11 is 0. The van der Waals surface area contributed by atoms with E-state index in [1.54, 1.807) is 4.90 Å². The molecule has 0 radical (unpaired) electrons. The van der Waals surface area contributed by atoms with Crippen molar-refractivity contribution in [2.75, 3.05) is 44.2 Å². The molecule has 33 heavy (non-hydrogen) atoms. The first-order chi connectivity index (χ1) is 15.8. The van der Waals surface area contributed by atoms with E-state index in [1.165, 1.54) is 11.6 Å². The van der Waals surface area contributed by atoms with Gasteiger partial charge in [-0.25, -0.2) is 9.78 Å². The summed E-state index contributed by atoms with van der Waals surface area (Å²) in [6.07, 6.45) is -2.03. The molecular weight excluding hydrogens is 433 g/mol. The summed E-state index contributed by atoms with van der Waals surface area (Å²) in [5.74, 6) is 0.488. The Morgan fingerprint density at radius 3 is 2.33 bits per heavy atom. The van der Waals surface area contributed by atoms with Gasteiger partial charge in [-0.2, -0.15) is 13.2 Å².